The summed E-state index contributed by atoms with van der Waals surface area (Å²) in [5.41, 5.74) is -0.541. The summed E-state index contributed by atoms with van der Waals surface area (Å²) in [4.78, 5) is 7.76. The van der Waals surface area contributed by atoms with Gasteiger partial charge in [-0.3, -0.25) is 0 Å². The van der Waals surface area contributed by atoms with Gasteiger partial charge in [-0.1, -0.05) is 0 Å². The number of nitrogens with one attached hydrogen (secondary N) is 1. The molecule has 1 N–H and O–H groups in total. The zero-order valence-corrected chi connectivity index (χ0v) is 11.2. The van der Waals surface area contributed by atoms with Gasteiger partial charge in [0, 0.05) is 24.6 Å². The zero-order valence-electron chi connectivity index (χ0n) is 10.4. The molecule has 3 heterocycles. The van der Waals surface area contributed by atoms with Gasteiger partial charge in [0.25, 0.3) is 0 Å². The van der Waals surface area contributed by atoms with Crippen molar-refractivity contribution in [3.63, 3.8) is 0 Å². The van der Waals surface area contributed by atoms with Gasteiger partial charge in [-0.05, 0) is 6.42 Å². The third-order valence-electron chi connectivity index (χ3n) is 3.57. The highest BCUT2D eigenvalue weighted by Crippen LogP contribution is 2.35. The molecule has 2 aliphatic rings. The van der Waals surface area contributed by atoms with E-state index >= 15 is 0 Å². The van der Waals surface area contributed by atoms with Gasteiger partial charge < -0.3 is 5.32 Å². The monoisotopic (exact) mass is 307 g/mol. The van der Waals surface area contributed by atoms with Crippen LogP contribution in [-0.2, 0) is 29.1 Å². The number of fused-ring (bicyclic) bond motifs is 1. The molecule has 5 nitrogen and oxygen atoms in total. The predicted molar refractivity (Wildman–Crippen MR) is 63.6 cm³/mol. The lowest BCUT2D eigenvalue weighted by atomic mass is 10.1. The van der Waals surface area contributed by atoms with E-state index < -0.39 is 27.6 Å². The summed E-state index contributed by atoms with van der Waals surface area (Å²) < 4.78 is 62.0. The lowest BCUT2D eigenvalue weighted by molar-refractivity contribution is -0.142. The van der Waals surface area contributed by atoms with E-state index in [1.807, 2.05) is 0 Å². The van der Waals surface area contributed by atoms with E-state index in [4.69, 9.17) is 0 Å². The molecule has 3 rings (SSSR count). The standard InChI is InChI=1S/C11H12F3N3O2S/c12-11(13,14)9-7-3-15-4-8(7)16-10(17-9)6-1-2-20(18,19)5-6/h6,15H,1-5H2. The van der Waals surface area contributed by atoms with Crippen molar-refractivity contribution in [2.45, 2.75) is 31.6 Å². The first-order chi connectivity index (χ1) is 9.26. The molecule has 1 saturated heterocycles. The van der Waals surface area contributed by atoms with Crippen molar-refractivity contribution in [3.05, 3.63) is 22.8 Å². The van der Waals surface area contributed by atoms with Crippen LogP contribution in [0.15, 0.2) is 0 Å². The Morgan fingerprint density at radius 1 is 1.20 bits per heavy atom. The highest BCUT2D eigenvalue weighted by molar-refractivity contribution is 7.91. The van der Waals surface area contributed by atoms with E-state index in [-0.39, 0.29) is 42.4 Å². The molecule has 0 amide bonds. The fourth-order valence-corrected chi connectivity index (χ4v) is 4.34. The SMILES string of the molecule is O=S1(=O)CCC(c2nc3c(c(C(F)(F)F)n2)CNC3)C1. The fraction of sp³-hybridized carbons (Fsp3) is 0.636. The second kappa shape index (κ2) is 4.39. The molecule has 0 saturated carbocycles. The first kappa shape index (κ1) is 13.7. The molecule has 1 fully saturated rings. The summed E-state index contributed by atoms with van der Waals surface area (Å²) >= 11 is 0. The average molecular weight is 307 g/mol. The summed E-state index contributed by atoms with van der Waals surface area (Å²) in [6.07, 6.45) is -4.27. The Kier molecular flexibility index (Phi) is 3.02. The van der Waals surface area contributed by atoms with Crippen molar-refractivity contribution in [1.29, 1.82) is 0 Å². The maximum atomic E-state index is 13.0. The van der Waals surface area contributed by atoms with Gasteiger partial charge in [0.15, 0.2) is 15.5 Å². The van der Waals surface area contributed by atoms with Crippen molar-refractivity contribution in [1.82, 2.24) is 15.3 Å². The zero-order chi connectivity index (χ0) is 14.5. The third-order valence-corrected chi connectivity index (χ3v) is 5.34. The van der Waals surface area contributed by atoms with Crippen LogP contribution in [0.3, 0.4) is 0 Å². The Morgan fingerprint density at radius 3 is 2.55 bits per heavy atom. The molecule has 0 spiro atoms. The Labute approximate surface area is 113 Å². The van der Waals surface area contributed by atoms with Crippen LogP contribution in [0.4, 0.5) is 13.2 Å². The number of rotatable bonds is 1. The van der Waals surface area contributed by atoms with Gasteiger partial charge >= 0.3 is 6.18 Å². The third kappa shape index (κ3) is 2.39. The van der Waals surface area contributed by atoms with Crippen LogP contribution in [0, 0.1) is 0 Å². The molecule has 9 heteroatoms. The Balaban J connectivity index is 2.06. The minimum absolute atomic E-state index is 0.000787. The highest BCUT2D eigenvalue weighted by Gasteiger charge is 2.40. The van der Waals surface area contributed by atoms with E-state index in [1.54, 1.807) is 0 Å². The lowest BCUT2D eigenvalue weighted by Gasteiger charge is -2.14. The summed E-state index contributed by atoms with van der Waals surface area (Å²) in [5.74, 6) is -0.721. The Bertz CT molecular complexity index is 658. The fourth-order valence-electron chi connectivity index (χ4n) is 2.60. The normalized spacial score (nSPS) is 24.9. The van der Waals surface area contributed by atoms with Crippen LogP contribution in [0.25, 0.3) is 0 Å². The quantitative estimate of drug-likeness (QED) is 0.838. The van der Waals surface area contributed by atoms with Crippen molar-refractivity contribution in [2.75, 3.05) is 11.5 Å². The van der Waals surface area contributed by atoms with Crippen molar-refractivity contribution < 1.29 is 21.6 Å². The van der Waals surface area contributed by atoms with Gasteiger partial charge in [-0.2, -0.15) is 13.2 Å². The van der Waals surface area contributed by atoms with Gasteiger partial charge in [0.1, 0.15) is 5.82 Å². The van der Waals surface area contributed by atoms with Gasteiger partial charge in [0.2, 0.25) is 0 Å². The molecular formula is C11H12F3N3O2S. The number of nitrogens with zero attached hydrogens (tertiary/aromatic N) is 2. The molecule has 20 heavy (non-hydrogen) atoms. The van der Waals surface area contributed by atoms with Crippen LogP contribution in [0.2, 0.25) is 0 Å². The number of alkyl halides is 3. The first-order valence-electron chi connectivity index (χ1n) is 6.14. The molecule has 0 radical (unpaired) electrons. The van der Waals surface area contributed by atoms with Gasteiger partial charge in [0.05, 0.1) is 17.2 Å². The predicted octanol–water partition coefficient (Wildman–Crippen LogP) is 1.00. The van der Waals surface area contributed by atoms with Crippen molar-refractivity contribution in [3.8, 4) is 0 Å². The summed E-state index contributed by atoms with van der Waals surface area (Å²) in [5, 5.41) is 2.81. The summed E-state index contributed by atoms with van der Waals surface area (Å²) in [6, 6.07) is 0. The number of hydrogen-bond acceptors (Lipinski definition) is 5. The molecule has 1 atom stereocenters. The smallest absolute Gasteiger partial charge is 0.307 e. The summed E-state index contributed by atoms with van der Waals surface area (Å²) in [7, 11) is -3.18. The maximum absolute atomic E-state index is 13.0. The van der Waals surface area contributed by atoms with E-state index in [0.29, 0.717) is 5.69 Å². The van der Waals surface area contributed by atoms with E-state index in [2.05, 4.69) is 15.3 Å². The topological polar surface area (TPSA) is 72.0 Å². The first-order valence-corrected chi connectivity index (χ1v) is 7.96. The van der Waals surface area contributed by atoms with Crippen LogP contribution < -0.4 is 5.32 Å². The molecule has 2 aliphatic heterocycles. The molecule has 1 aromatic rings. The molecule has 1 unspecified atom stereocenters. The molecular weight excluding hydrogens is 295 g/mol. The van der Waals surface area contributed by atoms with Gasteiger partial charge in [-0.25, -0.2) is 18.4 Å². The number of hydrogen-bond donors (Lipinski definition) is 1. The Hall–Kier alpha value is -1.22. The van der Waals surface area contributed by atoms with E-state index in [9.17, 15) is 21.6 Å². The minimum Gasteiger partial charge on any atom is -0.307 e. The average Bonchev–Trinajstić information content (AvgIpc) is 2.92. The van der Waals surface area contributed by atoms with Crippen molar-refractivity contribution in [2.24, 2.45) is 0 Å². The van der Waals surface area contributed by atoms with Crippen LogP contribution in [0.5, 0.6) is 0 Å². The van der Waals surface area contributed by atoms with Crippen molar-refractivity contribution >= 4 is 9.84 Å². The van der Waals surface area contributed by atoms with Crippen LogP contribution >= 0.6 is 0 Å². The highest BCUT2D eigenvalue weighted by atomic mass is 32.2. The second-order valence-corrected chi connectivity index (χ2v) is 7.29. The summed E-state index contributed by atoms with van der Waals surface area (Å²) in [6.45, 7) is 0.348. The van der Waals surface area contributed by atoms with E-state index in [0.717, 1.165) is 0 Å². The number of sulfone groups is 1. The van der Waals surface area contributed by atoms with Crippen LogP contribution in [0.1, 0.15) is 35.1 Å². The number of halogens is 3. The maximum Gasteiger partial charge on any atom is 0.433 e. The van der Waals surface area contributed by atoms with Gasteiger partial charge in [-0.15, -0.1) is 0 Å². The Morgan fingerprint density at radius 2 is 1.95 bits per heavy atom. The molecule has 0 aromatic carbocycles. The van der Waals surface area contributed by atoms with E-state index in [1.165, 1.54) is 0 Å². The second-order valence-electron chi connectivity index (χ2n) is 5.06. The molecule has 0 bridgehead atoms. The minimum atomic E-state index is -4.55. The molecule has 110 valence electrons. The lowest BCUT2D eigenvalue weighted by Crippen LogP contribution is -2.18. The van der Waals surface area contributed by atoms with Crippen LogP contribution in [-0.4, -0.2) is 29.9 Å². The largest absolute Gasteiger partial charge is 0.433 e. The molecule has 1 aromatic heterocycles. The number of aromatic nitrogens is 2. The molecule has 0 aliphatic carbocycles.